The Balaban J connectivity index is 1.64. The first-order valence-electron chi connectivity index (χ1n) is 7.77. The third-order valence-corrected chi connectivity index (χ3v) is 4.34. The molecule has 0 aliphatic heterocycles. The Bertz CT molecular complexity index is 892. The average Bonchev–Trinajstić information content (AvgIpc) is 3.29. The molecule has 0 saturated heterocycles. The highest BCUT2D eigenvalue weighted by Gasteiger charge is 2.16. The van der Waals surface area contributed by atoms with E-state index < -0.39 is 4.92 Å². The Kier molecular flexibility index (Phi) is 5.69. The summed E-state index contributed by atoms with van der Waals surface area (Å²) >= 11 is 1.44. The lowest BCUT2D eigenvalue weighted by atomic mass is 10.3. The van der Waals surface area contributed by atoms with Gasteiger partial charge in [-0.05, 0) is 18.2 Å². The van der Waals surface area contributed by atoms with E-state index in [0.717, 1.165) is 0 Å². The van der Waals surface area contributed by atoms with Gasteiger partial charge in [0.25, 0.3) is 0 Å². The molecule has 0 saturated carbocycles. The molecule has 0 aliphatic carbocycles. The van der Waals surface area contributed by atoms with Crippen molar-refractivity contribution in [3.05, 3.63) is 65.4 Å². The van der Waals surface area contributed by atoms with E-state index in [1.54, 1.807) is 36.6 Å². The molecule has 0 spiro atoms. The summed E-state index contributed by atoms with van der Waals surface area (Å²) in [6.45, 7) is 4.59. The Morgan fingerprint density at radius 1 is 1.31 bits per heavy atom. The van der Waals surface area contributed by atoms with Crippen LogP contribution in [0.2, 0.25) is 0 Å². The summed E-state index contributed by atoms with van der Waals surface area (Å²) in [5.41, 5.74) is -0.0487. The molecule has 0 aliphatic rings. The summed E-state index contributed by atoms with van der Waals surface area (Å²) in [4.78, 5) is 10.5. The molecule has 134 valence electrons. The van der Waals surface area contributed by atoms with Crippen LogP contribution in [0.15, 0.2) is 64.9 Å². The number of hydrogen-bond acceptors (Lipinski definition) is 7. The maximum absolute atomic E-state index is 11.0. The van der Waals surface area contributed by atoms with Crippen LogP contribution in [0.5, 0.6) is 5.75 Å². The lowest BCUT2D eigenvalue weighted by Gasteiger charge is -2.08. The van der Waals surface area contributed by atoms with E-state index >= 15 is 0 Å². The number of hydrogen-bond donors (Lipinski definition) is 0. The highest BCUT2D eigenvalue weighted by atomic mass is 32.2. The van der Waals surface area contributed by atoms with Gasteiger partial charge in [0.2, 0.25) is 5.82 Å². The zero-order chi connectivity index (χ0) is 18.4. The maximum atomic E-state index is 11.0. The van der Waals surface area contributed by atoms with Crippen molar-refractivity contribution >= 4 is 17.4 Å². The first-order chi connectivity index (χ1) is 12.7. The molecule has 0 fully saturated rings. The minimum absolute atomic E-state index is 0.0487. The van der Waals surface area contributed by atoms with Gasteiger partial charge >= 0.3 is 5.69 Å². The largest absolute Gasteiger partial charge is 0.486 e. The third-order valence-electron chi connectivity index (χ3n) is 3.40. The molecule has 0 amide bonds. The van der Waals surface area contributed by atoms with Crippen LogP contribution >= 0.6 is 11.8 Å². The zero-order valence-corrected chi connectivity index (χ0v) is 14.6. The van der Waals surface area contributed by atoms with Crippen molar-refractivity contribution in [1.29, 1.82) is 0 Å². The predicted octanol–water partition coefficient (Wildman–Crippen LogP) is 3.80. The number of rotatable bonds is 9. The number of nitro groups is 1. The molecule has 0 radical (unpaired) electrons. The van der Waals surface area contributed by atoms with Crippen molar-refractivity contribution in [1.82, 2.24) is 14.8 Å². The van der Waals surface area contributed by atoms with Crippen LogP contribution in [0.1, 0.15) is 0 Å². The predicted molar refractivity (Wildman–Crippen MR) is 97.2 cm³/mol. The standard InChI is InChI=1S/C17H16N4O4S/c1-2-9-20-16(15-8-5-10-24-15)18-19-17(20)26-12-11-25-14-7-4-3-6-13(14)21(22)23/h2-8,10H,1,9,11-12H2. The number of thioether (sulfide) groups is 1. The molecule has 1 aromatic carbocycles. The van der Waals surface area contributed by atoms with Gasteiger partial charge in [-0.1, -0.05) is 30.0 Å². The monoisotopic (exact) mass is 372 g/mol. The van der Waals surface area contributed by atoms with Crippen molar-refractivity contribution in [2.45, 2.75) is 11.7 Å². The minimum atomic E-state index is -0.459. The Morgan fingerprint density at radius 3 is 2.88 bits per heavy atom. The molecule has 3 aromatic rings. The fourth-order valence-corrected chi connectivity index (χ4v) is 3.06. The molecule has 2 aromatic heterocycles. The molecule has 8 nitrogen and oxygen atoms in total. The smallest absolute Gasteiger partial charge is 0.310 e. The van der Waals surface area contributed by atoms with Gasteiger partial charge in [-0.25, -0.2) is 0 Å². The van der Waals surface area contributed by atoms with Gasteiger partial charge in [-0.3, -0.25) is 14.7 Å². The molecular formula is C17H16N4O4S. The number of aromatic nitrogens is 3. The molecule has 0 N–H and O–H groups in total. The van der Waals surface area contributed by atoms with Gasteiger partial charge in [-0.2, -0.15) is 0 Å². The molecule has 0 bridgehead atoms. The Morgan fingerprint density at radius 2 is 2.15 bits per heavy atom. The van der Waals surface area contributed by atoms with Gasteiger partial charge in [0.05, 0.1) is 17.8 Å². The van der Waals surface area contributed by atoms with Crippen LogP contribution in [0, 0.1) is 10.1 Å². The molecule has 0 atom stereocenters. The van der Waals surface area contributed by atoms with E-state index in [4.69, 9.17) is 9.15 Å². The summed E-state index contributed by atoms with van der Waals surface area (Å²) < 4.78 is 12.8. The third kappa shape index (κ3) is 3.94. The Hall–Kier alpha value is -3.07. The van der Waals surface area contributed by atoms with Crippen LogP contribution < -0.4 is 4.74 Å². The quantitative estimate of drug-likeness (QED) is 0.185. The average molecular weight is 372 g/mol. The van der Waals surface area contributed by atoms with E-state index in [-0.39, 0.29) is 11.4 Å². The first kappa shape index (κ1) is 17.7. The SMILES string of the molecule is C=CCn1c(SCCOc2ccccc2[N+](=O)[O-])nnc1-c1ccco1. The highest BCUT2D eigenvalue weighted by molar-refractivity contribution is 7.99. The van der Waals surface area contributed by atoms with Crippen molar-refractivity contribution in [3.63, 3.8) is 0 Å². The summed E-state index contributed by atoms with van der Waals surface area (Å²) in [5.74, 6) is 2.06. The summed E-state index contributed by atoms with van der Waals surface area (Å²) in [7, 11) is 0. The highest BCUT2D eigenvalue weighted by Crippen LogP contribution is 2.27. The van der Waals surface area contributed by atoms with Crippen molar-refractivity contribution in [2.75, 3.05) is 12.4 Å². The number of benzene rings is 1. The minimum Gasteiger partial charge on any atom is -0.486 e. The number of nitrogens with zero attached hydrogens (tertiary/aromatic N) is 4. The Labute approximate surface area is 153 Å². The number of furan rings is 1. The molecule has 9 heteroatoms. The van der Waals surface area contributed by atoms with Crippen LogP contribution in [-0.2, 0) is 6.54 Å². The van der Waals surface area contributed by atoms with Gasteiger partial charge in [0.15, 0.2) is 16.7 Å². The molecular weight excluding hydrogens is 356 g/mol. The van der Waals surface area contributed by atoms with E-state index in [1.165, 1.54) is 17.8 Å². The summed E-state index contributed by atoms with van der Waals surface area (Å²) in [6.07, 6.45) is 3.33. The topological polar surface area (TPSA) is 96.2 Å². The fourth-order valence-electron chi connectivity index (χ4n) is 2.29. The van der Waals surface area contributed by atoms with Crippen LogP contribution in [0.4, 0.5) is 5.69 Å². The summed E-state index contributed by atoms with van der Waals surface area (Å²) in [6, 6.07) is 9.90. The normalized spacial score (nSPS) is 10.6. The molecule has 0 unspecified atom stereocenters. The van der Waals surface area contributed by atoms with E-state index in [0.29, 0.717) is 35.6 Å². The lowest BCUT2D eigenvalue weighted by Crippen LogP contribution is -2.05. The number of nitro benzene ring substituents is 1. The van der Waals surface area contributed by atoms with Crippen molar-refractivity contribution in [3.8, 4) is 17.3 Å². The second kappa shape index (κ2) is 8.34. The number of para-hydroxylation sites is 2. The van der Waals surface area contributed by atoms with Crippen molar-refractivity contribution < 1.29 is 14.1 Å². The summed E-state index contributed by atoms with van der Waals surface area (Å²) in [5, 5.41) is 20.0. The second-order valence-electron chi connectivity index (χ2n) is 5.10. The fraction of sp³-hybridized carbons (Fsp3) is 0.176. The van der Waals surface area contributed by atoms with E-state index in [2.05, 4.69) is 16.8 Å². The lowest BCUT2D eigenvalue weighted by molar-refractivity contribution is -0.385. The molecule has 26 heavy (non-hydrogen) atoms. The number of allylic oxidation sites excluding steroid dienone is 1. The zero-order valence-electron chi connectivity index (χ0n) is 13.8. The van der Waals surface area contributed by atoms with E-state index in [9.17, 15) is 10.1 Å². The van der Waals surface area contributed by atoms with Crippen LogP contribution in [-0.4, -0.2) is 32.0 Å². The van der Waals surface area contributed by atoms with Crippen LogP contribution in [0.3, 0.4) is 0 Å². The molecule has 2 heterocycles. The van der Waals surface area contributed by atoms with Gasteiger partial charge in [-0.15, -0.1) is 16.8 Å². The second-order valence-corrected chi connectivity index (χ2v) is 6.17. The van der Waals surface area contributed by atoms with Gasteiger partial charge in [0, 0.05) is 18.4 Å². The van der Waals surface area contributed by atoms with Gasteiger partial charge < -0.3 is 9.15 Å². The maximum Gasteiger partial charge on any atom is 0.310 e. The van der Waals surface area contributed by atoms with Crippen LogP contribution in [0.25, 0.3) is 11.6 Å². The first-order valence-corrected chi connectivity index (χ1v) is 8.76. The number of ether oxygens (including phenoxy) is 1. The molecule has 3 rings (SSSR count). The van der Waals surface area contributed by atoms with E-state index in [1.807, 2.05) is 10.6 Å². The van der Waals surface area contributed by atoms with Crippen molar-refractivity contribution in [2.24, 2.45) is 0 Å². The van der Waals surface area contributed by atoms with Gasteiger partial charge in [0.1, 0.15) is 0 Å².